The number of benzene rings is 2. The molecule has 0 saturated heterocycles. The highest BCUT2D eigenvalue weighted by molar-refractivity contribution is 5.93. The van der Waals surface area contributed by atoms with E-state index < -0.39 is 0 Å². The molecule has 132 valence electrons. The Morgan fingerprint density at radius 2 is 1.60 bits per heavy atom. The molecule has 0 amide bonds. The van der Waals surface area contributed by atoms with Gasteiger partial charge in [0.05, 0.1) is 11.7 Å². The van der Waals surface area contributed by atoms with Gasteiger partial charge in [-0.05, 0) is 41.3 Å². The monoisotopic (exact) mass is 336 g/mol. The molecule has 0 radical (unpaired) electrons. The Morgan fingerprint density at radius 1 is 1.00 bits per heavy atom. The van der Waals surface area contributed by atoms with Gasteiger partial charge in [-0.15, -0.1) is 0 Å². The van der Waals surface area contributed by atoms with Crippen molar-refractivity contribution in [3.05, 3.63) is 59.7 Å². The van der Waals surface area contributed by atoms with Crippen LogP contribution in [0.3, 0.4) is 0 Å². The molecule has 2 aromatic carbocycles. The van der Waals surface area contributed by atoms with Crippen molar-refractivity contribution in [2.45, 2.75) is 53.0 Å². The van der Waals surface area contributed by atoms with Gasteiger partial charge in [0.2, 0.25) is 0 Å². The van der Waals surface area contributed by atoms with Crippen LogP contribution in [0.1, 0.15) is 64.1 Å². The molecule has 2 aromatic rings. The van der Waals surface area contributed by atoms with Crippen LogP contribution in [0.2, 0.25) is 0 Å². The van der Waals surface area contributed by atoms with Gasteiger partial charge in [0.1, 0.15) is 5.75 Å². The van der Waals surface area contributed by atoms with Crippen molar-refractivity contribution in [2.24, 2.45) is 10.5 Å². The van der Waals surface area contributed by atoms with Crippen molar-refractivity contribution in [3.8, 4) is 5.75 Å². The standard InChI is InChI=1S/C22H28N2O/c1-15(2)16-6-10-18(11-7-16)24-20(14-21(23-24)22(3,4)5)17-8-12-19(25)13-9-17/h6-13,15,20,25H,14H2,1-5H3. The minimum atomic E-state index is 0.0434. The Morgan fingerprint density at radius 3 is 2.12 bits per heavy atom. The fraction of sp³-hybridized carbons (Fsp3) is 0.409. The zero-order valence-corrected chi connectivity index (χ0v) is 15.8. The number of phenols is 1. The summed E-state index contributed by atoms with van der Waals surface area (Å²) in [6.07, 6.45) is 0.903. The zero-order valence-electron chi connectivity index (χ0n) is 15.8. The van der Waals surface area contributed by atoms with E-state index >= 15 is 0 Å². The summed E-state index contributed by atoms with van der Waals surface area (Å²) in [5.74, 6) is 0.820. The summed E-state index contributed by atoms with van der Waals surface area (Å²) < 4.78 is 0. The molecule has 1 heterocycles. The topological polar surface area (TPSA) is 35.8 Å². The first-order valence-corrected chi connectivity index (χ1v) is 9.02. The maximum absolute atomic E-state index is 9.60. The molecular formula is C22H28N2O. The van der Waals surface area contributed by atoms with Crippen LogP contribution in [0, 0.1) is 5.41 Å². The molecule has 0 bridgehead atoms. The van der Waals surface area contributed by atoms with Crippen molar-refractivity contribution in [3.63, 3.8) is 0 Å². The number of hydrogen-bond donors (Lipinski definition) is 1. The van der Waals surface area contributed by atoms with Crippen LogP contribution in [-0.4, -0.2) is 10.8 Å². The first-order valence-electron chi connectivity index (χ1n) is 9.02. The lowest BCUT2D eigenvalue weighted by atomic mass is 9.86. The Kier molecular flexibility index (Phi) is 4.59. The van der Waals surface area contributed by atoms with Gasteiger partial charge in [0, 0.05) is 17.5 Å². The van der Waals surface area contributed by atoms with E-state index in [1.807, 2.05) is 12.1 Å². The van der Waals surface area contributed by atoms with Crippen molar-refractivity contribution in [1.29, 1.82) is 0 Å². The van der Waals surface area contributed by atoms with Crippen LogP contribution in [0.5, 0.6) is 5.75 Å². The molecular weight excluding hydrogens is 308 g/mol. The Labute approximate surface area is 151 Å². The SMILES string of the molecule is CC(C)c1ccc(N2N=C(C(C)(C)C)CC2c2ccc(O)cc2)cc1. The predicted molar refractivity (Wildman–Crippen MR) is 105 cm³/mol. The minimum absolute atomic E-state index is 0.0434. The highest BCUT2D eigenvalue weighted by Gasteiger charge is 2.34. The van der Waals surface area contributed by atoms with E-state index in [0.717, 1.165) is 12.1 Å². The van der Waals surface area contributed by atoms with Crippen LogP contribution in [0.25, 0.3) is 0 Å². The second-order valence-corrected chi connectivity index (χ2v) is 8.20. The minimum Gasteiger partial charge on any atom is -0.508 e. The van der Waals surface area contributed by atoms with Gasteiger partial charge in [-0.1, -0.05) is 58.9 Å². The zero-order chi connectivity index (χ0) is 18.2. The Hall–Kier alpha value is -2.29. The fourth-order valence-corrected chi connectivity index (χ4v) is 3.17. The van der Waals surface area contributed by atoms with Gasteiger partial charge >= 0.3 is 0 Å². The molecule has 0 aromatic heterocycles. The average molecular weight is 336 g/mol. The summed E-state index contributed by atoms with van der Waals surface area (Å²) in [5.41, 5.74) is 4.88. The number of rotatable bonds is 3. The second-order valence-electron chi connectivity index (χ2n) is 8.20. The lowest BCUT2D eigenvalue weighted by Crippen LogP contribution is -2.19. The smallest absolute Gasteiger partial charge is 0.115 e. The van der Waals surface area contributed by atoms with E-state index in [2.05, 4.69) is 63.9 Å². The van der Waals surface area contributed by atoms with Crippen molar-refractivity contribution in [2.75, 3.05) is 5.01 Å². The lowest BCUT2D eigenvalue weighted by Gasteiger charge is -2.24. The largest absolute Gasteiger partial charge is 0.508 e. The van der Waals surface area contributed by atoms with Gasteiger partial charge in [-0.3, -0.25) is 5.01 Å². The molecule has 3 nitrogen and oxygen atoms in total. The molecule has 0 fully saturated rings. The number of anilines is 1. The summed E-state index contributed by atoms with van der Waals surface area (Å²) in [7, 11) is 0. The number of aromatic hydroxyl groups is 1. The van der Waals surface area contributed by atoms with E-state index in [1.54, 1.807) is 12.1 Å². The molecule has 1 unspecified atom stereocenters. The van der Waals surface area contributed by atoms with Crippen molar-refractivity contribution in [1.82, 2.24) is 0 Å². The number of nitrogens with zero attached hydrogens (tertiary/aromatic N) is 2. The number of hydrogen-bond acceptors (Lipinski definition) is 3. The molecule has 1 N–H and O–H groups in total. The average Bonchev–Trinajstić information content (AvgIpc) is 3.01. The van der Waals surface area contributed by atoms with E-state index in [4.69, 9.17) is 5.10 Å². The predicted octanol–water partition coefficient (Wildman–Crippen LogP) is 5.87. The summed E-state index contributed by atoms with van der Waals surface area (Å²) in [4.78, 5) is 0. The quantitative estimate of drug-likeness (QED) is 0.761. The maximum atomic E-state index is 9.60. The Balaban J connectivity index is 1.98. The third-order valence-corrected chi connectivity index (χ3v) is 4.88. The fourth-order valence-electron chi connectivity index (χ4n) is 3.17. The van der Waals surface area contributed by atoms with Crippen LogP contribution >= 0.6 is 0 Å². The second kappa shape index (κ2) is 6.55. The lowest BCUT2D eigenvalue weighted by molar-refractivity contribution is 0.475. The Bertz CT molecular complexity index is 752. The third-order valence-electron chi connectivity index (χ3n) is 4.88. The normalized spacial score (nSPS) is 17.9. The molecule has 0 aliphatic carbocycles. The summed E-state index contributed by atoms with van der Waals surface area (Å²) >= 11 is 0. The van der Waals surface area contributed by atoms with Gasteiger partial charge in [-0.2, -0.15) is 5.10 Å². The molecule has 0 saturated carbocycles. The van der Waals surface area contributed by atoms with E-state index in [1.165, 1.54) is 16.8 Å². The highest BCUT2D eigenvalue weighted by Crippen LogP contribution is 2.39. The molecule has 3 heteroatoms. The van der Waals surface area contributed by atoms with E-state index in [-0.39, 0.29) is 11.5 Å². The van der Waals surface area contributed by atoms with E-state index in [0.29, 0.717) is 11.7 Å². The first kappa shape index (κ1) is 17.5. The van der Waals surface area contributed by atoms with Gasteiger partial charge in [0.25, 0.3) is 0 Å². The van der Waals surface area contributed by atoms with Crippen molar-refractivity contribution >= 4 is 11.4 Å². The van der Waals surface area contributed by atoms with E-state index in [9.17, 15) is 5.11 Å². The summed E-state index contributed by atoms with van der Waals surface area (Å²) in [6, 6.07) is 16.4. The molecule has 1 atom stereocenters. The summed E-state index contributed by atoms with van der Waals surface area (Å²) in [5, 5.41) is 16.7. The van der Waals surface area contributed by atoms with Crippen LogP contribution in [0.15, 0.2) is 53.6 Å². The molecule has 1 aliphatic rings. The van der Waals surface area contributed by atoms with Crippen LogP contribution in [-0.2, 0) is 0 Å². The van der Waals surface area contributed by atoms with Crippen molar-refractivity contribution < 1.29 is 5.11 Å². The maximum Gasteiger partial charge on any atom is 0.115 e. The highest BCUT2D eigenvalue weighted by atomic mass is 16.3. The van der Waals surface area contributed by atoms with Gasteiger partial charge in [0.15, 0.2) is 0 Å². The number of hydrazone groups is 1. The molecule has 0 spiro atoms. The molecule has 25 heavy (non-hydrogen) atoms. The molecule has 3 rings (SSSR count). The van der Waals surface area contributed by atoms with Crippen LogP contribution in [0.4, 0.5) is 5.69 Å². The third kappa shape index (κ3) is 3.71. The van der Waals surface area contributed by atoms with Gasteiger partial charge in [-0.25, -0.2) is 0 Å². The molecule has 1 aliphatic heterocycles. The van der Waals surface area contributed by atoms with Crippen LogP contribution < -0.4 is 5.01 Å². The summed E-state index contributed by atoms with van der Waals surface area (Å²) in [6.45, 7) is 11.1. The first-order chi connectivity index (χ1) is 11.8. The number of phenolic OH excluding ortho intramolecular Hbond substituents is 1. The van der Waals surface area contributed by atoms with Gasteiger partial charge < -0.3 is 5.11 Å².